The first-order valence-electron chi connectivity index (χ1n) is 6.50. The van der Waals surface area contributed by atoms with Gasteiger partial charge in [0.05, 0.1) is 0 Å². The second kappa shape index (κ2) is 5.76. The van der Waals surface area contributed by atoms with E-state index in [1.54, 1.807) is 6.92 Å². The Balaban J connectivity index is 2.77. The van der Waals surface area contributed by atoms with Gasteiger partial charge in [0.15, 0.2) is 5.60 Å². The van der Waals surface area contributed by atoms with E-state index < -0.39 is 28.8 Å². The van der Waals surface area contributed by atoms with Crippen LogP contribution >= 0.6 is 11.6 Å². The molecule has 2 aromatic carbocycles. The van der Waals surface area contributed by atoms with Crippen LogP contribution < -0.4 is 0 Å². The van der Waals surface area contributed by atoms with Crippen LogP contribution in [-0.4, -0.2) is 17.2 Å². The summed E-state index contributed by atoms with van der Waals surface area (Å²) in [5.41, 5.74) is -4.16. The number of halogens is 6. The van der Waals surface area contributed by atoms with Crippen molar-refractivity contribution >= 4 is 11.6 Å². The molecule has 1 unspecified atom stereocenters. The molecular weight excluding hydrogens is 339 g/mol. The summed E-state index contributed by atoms with van der Waals surface area (Å²) in [4.78, 5) is 0. The highest BCUT2D eigenvalue weighted by Gasteiger charge is 2.71. The molecule has 0 bridgehead atoms. The fourth-order valence-electron chi connectivity index (χ4n) is 2.24. The minimum Gasteiger partial charge on any atom is -0.374 e. The van der Waals surface area contributed by atoms with Gasteiger partial charge in [0, 0.05) is 5.02 Å². The Labute approximate surface area is 134 Å². The number of hydrogen-bond donors (Lipinski definition) is 1. The minimum absolute atomic E-state index is 0.0639. The first-order chi connectivity index (χ1) is 10.5. The molecule has 7 heteroatoms. The number of benzene rings is 2. The van der Waals surface area contributed by atoms with Crippen molar-refractivity contribution in [3.8, 4) is 0 Å². The van der Waals surface area contributed by atoms with E-state index in [0.29, 0.717) is 5.56 Å². The standard InChI is InChI=1S/C16H12ClF5O/c1-10-5-7-11(8-6-10)14(23,15(18,19)16(20,21)22)12-3-2-4-13(17)9-12/h2-9,23H,1H3. The largest absolute Gasteiger partial charge is 0.457 e. The van der Waals surface area contributed by atoms with Crippen LogP contribution in [0, 0.1) is 6.92 Å². The number of alkyl halides is 5. The summed E-state index contributed by atoms with van der Waals surface area (Å²) in [6, 6.07) is 9.14. The topological polar surface area (TPSA) is 20.2 Å². The van der Waals surface area contributed by atoms with Crippen molar-refractivity contribution in [2.75, 3.05) is 0 Å². The van der Waals surface area contributed by atoms with Gasteiger partial charge in [-0.15, -0.1) is 0 Å². The van der Waals surface area contributed by atoms with Gasteiger partial charge in [-0.25, -0.2) is 0 Å². The molecule has 2 aromatic rings. The summed E-state index contributed by atoms with van der Waals surface area (Å²) in [6.45, 7) is 1.64. The molecule has 0 aliphatic carbocycles. The van der Waals surface area contributed by atoms with Crippen molar-refractivity contribution in [3.05, 3.63) is 70.2 Å². The number of rotatable bonds is 3. The number of aliphatic hydroxyl groups is 1. The van der Waals surface area contributed by atoms with Gasteiger partial charge in [0.2, 0.25) is 0 Å². The lowest BCUT2D eigenvalue weighted by Gasteiger charge is -2.37. The summed E-state index contributed by atoms with van der Waals surface area (Å²) in [5, 5.41) is 10.4. The van der Waals surface area contributed by atoms with Gasteiger partial charge in [-0.2, -0.15) is 22.0 Å². The predicted molar refractivity (Wildman–Crippen MR) is 76.6 cm³/mol. The highest BCUT2D eigenvalue weighted by Crippen LogP contribution is 2.51. The lowest BCUT2D eigenvalue weighted by atomic mass is 9.80. The molecule has 1 N–H and O–H groups in total. The Kier molecular flexibility index (Phi) is 4.43. The first kappa shape index (κ1) is 17.7. The normalized spacial score (nSPS) is 15.3. The summed E-state index contributed by atoms with van der Waals surface area (Å²) in [5.74, 6) is -5.42. The molecule has 1 nitrogen and oxygen atoms in total. The highest BCUT2D eigenvalue weighted by atomic mass is 35.5. The molecule has 0 aliphatic heterocycles. The average molecular weight is 351 g/mol. The summed E-state index contributed by atoms with van der Waals surface area (Å²) in [7, 11) is 0. The fourth-order valence-corrected chi connectivity index (χ4v) is 2.43. The van der Waals surface area contributed by atoms with E-state index in [4.69, 9.17) is 11.6 Å². The van der Waals surface area contributed by atoms with E-state index in [0.717, 1.165) is 24.3 Å². The lowest BCUT2D eigenvalue weighted by Crippen LogP contribution is -2.55. The van der Waals surface area contributed by atoms with Crippen molar-refractivity contribution < 1.29 is 27.1 Å². The molecule has 0 saturated carbocycles. The minimum atomic E-state index is -5.95. The lowest BCUT2D eigenvalue weighted by molar-refractivity contribution is -0.336. The van der Waals surface area contributed by atoms with Crippen LogP contribution in [-0.2, 0) is 5.60 Å². The molecule has 0 radical (unpaired) electrons. The fraction of sp³-hybridized carbons (Fsp3) is 0.250. The van der Waals surface area contributed by atoms with E-state index in [-0.39, 0.29) is 5.02 Å². The van der Waals surface area contributed by atoms with Crippen LogP contribution in [0.5, 0.6) is 0 Å². The molecule has 0 spiro atoms. The highest BCUT2D eigenvalue weighted by molar-refractivity contribution is 6.30. The SMILES string of the molecule is Cc1ccc(C(O)(c2cccc(Cl)c2)C(F)(F)C(F)(F)F)cc1. The van der Waals surface area contributed by atoms with Crippen molar-refractivity contribution in [3.63, 3.8) is 0 Å². The van der Waals surface area contributed by atoms with E-state index in [1.807, 2.05) is 0 Å². The quantitative estimate of drug-likeness (QED) is 0.765. The summed E-state index contributed by atoms with van der Waals surface area (Å²) < 4.78 is 67.1. The van der Waals surface area contributed by atoms with Gasteiger partial charge in [-0.3, -0.25) is 0 Å². The van der Waals surface area contributed by atoms with Crippen molar-refractivity contribution in [1.29, 1.82) is 0 Å². The predicted octanol–water partition coefficient (Wildman–Crippen LogP) is 5.08. The van der Waals surface area contributed by atoms with Gasteiger partial charge in [0.25, 0.3) is 0 Å². The average Bonchev–Trinajstić information content (AvgIpc) is 2.45. The molecule has 0 amide bonds. The van der Waals surface area contributed by atoms with Crippen LogP contribution in [0.15, 0.2) is 48.5 Å². The maximum atomic E-state index is 14.2. The molecule has 0 aromatic heterocycles. The Bertz CT molecular complexity index is 696. The number of hydrogen-bond acceptors (Lipinski definition) is 1. The Hall–Kier alpha value is -1.66. The van der Waals surface area contributed by atoms with Crippen molar-refractivity contribution in [2.45, 2.75) is 24.6 Å². The third-order valence-electron chi connectivity index (χ3n) is 3.52. The maximum absolute atomic E-state index is 14.2. The molecule has 23 heavy (non-hydrogen) atoms. The van der Waals surface area contributed by atoms with E-state index in [1.165, 1.54) is 24.3 Å². The second-order valence-electron chi connectivity index (χ2n) is 5.16. The Morgan fingerprint density at radius 1 is 0.870 bits per heavy atom. The van der Waals surface area contributed by atoms with Gasteiger partial charge in [-0.05, 0) is 30.2 Å². The van der Waals surface area contributed by atoms with E-state index in [9.17, 15) is 27.1 Å². The summed E-state index contributed by atoms with van der Waals surface area (Å²) in [6.07, 6.45) is -5.95. The molecule has 0 heterocycles. The molecule has 124 valence electrons. The summed E-state index contributed by atoms with van der Waals surface area (Å²) >= 11 is 5.69. The van der Waals surface area contributed by atoms with Crippen molar-refractivity contribution in [2.24, 2.45) is 0 Å². The van der Waals surface area contributed by atoms with E-state index >= 15 is 0 Å². The third kappa shape index (κ3) is 2.93. The van der Waals surface area contributed by atoms with Crippen LogP contribution in [0.2, 0.25) is 5.02 Å². The molecule has 1 atom stereocenters. The molecule has 0 fully saturated rings. The van der Waals surface area contributed by atoms with Crippen LogP contribution in [0.25, 0.3) is 0 Å². The van der Waals surface area contributed by atoms with Gasteiger partial charge in [-0.1, -0.05) is 53.6 Å². The van der Waals surface area contributed by atoms with Gasteiger partial charge in [0.1, 0.15) is 0 Å². The van der Waals surface area contributed by atoms with Crippen LogP contribution in [0.3, 0.4) is 0 Å². The molecule has 2 rings (SSSR count). The molecular formula is C16H12ClF5O. The smallest absolute Gasteiger partial charge is 0.374 e. The van der Waals surface area contributed by atoms with Gasteiger partial charge < -0.3 is 5.11 Å². The maximum Gasteiger partial charge on any atom is 0.457 e. The van der Waals surface area contributed by atoms with Crippen LogP contribution in [0.4, 0.5) is 22.0 Å². The Morgan fingerprint density at radius 3 is 1.91 bits per heavy atom. The van der Waals surface area contributed by atoms with Crippen LogP contribution in [0.1, 0.15) is 16.7 Å². The van der Waals surface area contributed by atoms with Crippen molar-refractivity contribution in [1.82, 2.24) is 0 Å². The zero-order chi connectivity index (χ0) is 17.5. The number of aryl methyl sites for hydroxylation is 1. The Morgan fingerprint density at radius 2 is 1.43 bits per heavy atom. The molecule has 0 saturated heterocycles. The van der Waals surface area contributed by atoms with Gasteiger partial charge >= 0.3 is 12.1 Å². The third-order valence-corrected chi connectivity index (χ3v) is 3.76. The zero-order valence-electron chi connectivity index (χ0n) is 11.8. The first-order valence-corrected chi connectivity index (χ1v) is 6.88. The zero-order valence-corrected chi connectivity index (χ0v) is 12.6. The monoisotopic (exact) mass is 350 g/mol. The molecule has 0 aliphatic rings. The second-order valence-corrected chi connectivity index (χ2v) is 5.60. The van der Waals surface area contributed by atoms with E-state index in [2.05, 4.69) is 0 Å².